The van der Waals surface area contributed by atoms with Crippen molar-refractivity contribution in [3.8, 4) is 0 Å². The number of hydrogen-bond donors (Lipinski definition) is 4. The monoisotopic (exact) mass is 297 g/mol. The number of amides is 2. The lowest BCUT2D eigenvalue weighted by Crippen LogP contribution is -2.52. The molecule has 0 aromatic heterocycles. The highest BCUT2D eigenvalue weighted by Gasteiger charge is 2.20. The van der Waals surface area contributed by atoms with Gasteiger partial charge in [0.1, 0.15) is 0 Å². The van der Waals surface area contributed by atoms with E-state index in [4.69, 9.17) is 0 Å². The first kappa shape index (κ1) is 17.3. The van der Waals surface area contributed by atoms with Gasteiger partial charge in [-0.25, -0.2) is 0 Å². The maximum absolute atomic E-state index is 11.7. The molecule has 0 spiro atoms. The van der Waals surface area contributed by atoms with Crippen molar-refractivity contribution in [2.75, 3.05) is 26.7 Å². The van der Waals surface area contributed by atoms with E-state index in [0.29, 0.717) is 32.0 Å². The van der Waals surface area contributed by atoms with Gasteiger partial charge in [0.05, 0.1) is 0 Å². The number of carbonyl (C=O) groups excluding carboxylic acids is 2. The second-order valence-corrected chi connectivity index (χ2v) is 6.19. The predicted molar refractivity (Wildman–Crippen MR) is 83.0 cm³/mol. The highest BCUT2D eigenvalue weighted by molar-refractivity contribution is 5.82. The van der Waals surface area contributed by atoms with Gasteiger partial charge in [0.15, 0.2) is 5.96 Å². The third-order valence-electron chi connectivity index (χ3n) is 3.21. The molecule has 1 rings (SSSR count). The lowest BCUT2D eigenvalue weighted by molar-refractivity contribution is -0.128. The number of guanidine groups is 1. The lowest BCUT2D eigenvalue weighted by Gasteiger charge is -2.25. The summed E-state index contributed by atoms with van der Waals surface area (Å²) in [5, 5.41) is 12.1. The van der Waals surface area contributed by atoms with Gasteiger partial charge in [-0.15, -0.1) is 0 Å². The molecule has 0 radical (unpaired) electrons. The van der Waals surface area contributed by atoms with Gasteiger partial charge in [-0.05, 0) is 6.42 Å². The summed E-state index contributed by atoms with van der Waals surface area (Å²) in [6.07, 6.45) is 1.34. The van der Waals surface area contributed by atoms with Crippen LogP contribution in [0.3, 0.4) is 0 Å². The zero-order valence-corrected chi connectivity index (χ0v) is 13.4. The zero-order chi connectivity index (χ0) is 15.9. The molecule has 0 aromatic carbocycles. The Bertz CT molecular complexity index is 391. The van der Waals surface area contributed by atoms with E-state index >= 15 is 0 Å². The minimum Gasteiger partial charge on any atom is -0.355 e. The van der Waals surface area contributed by atoms with E-state index in [-0.39, 0.29) is 23.3 Å². The van der Waals surface area contributed by atoms with E-state index in [1.54, 1.807) is 7.05 Å². The molecule has 0 saturated carbocycles. The molecule has 0 bridgehead atoms. The minimum atomic E-state index is -0.375. The van der Waals surface area contributed by atoms with E-state index in [1.807, 2.05) is 20.8 Å². The number of piperidine rings is 1. The highest BCUT2D eigenvalue weighted by atomic mass is 16.2. The Morgan fingerprint density at radius 1 is 1.33 bits per heavy atom. The summed E-state index contributed by atoms with van der Waals surface area (Å²) < 4.78 is 0. The Kier molecular flexibility index (Phi) is 6.45. The first-order valence-corrected chi connectivity index (χ1v) is 7.35. The van der Waals surface area contributed by atoms with Crippen molar-refractivity contribution in [3.05, 3.63) is 0 Å². The molecule has 7 heteroatoms. The molecule has 1 heterocycles. The Labute approximate surface area is 126 Å². The lowest BCUT2D eigenvalue weighted by atomic mass is 9.96. The van der Waals surface area contributed by atoms with Crippen LogP contribution in [0.25, 0.3) is 0 Å². The third kappa shape index (κ3) is 6.46. The van der Waals surface area contributed by atoms with Crippen LogP contribution in [0.1, 0.15) is 33.6 Å². The van der Waals surface area contributed by atoms with Crippen LogP contribution in [0.4, 0.5) is 0 Å². The van der Waals surface area contributed by atoms with Crippen molar-refractivity contribution >= 4 is 17.8 Å². The van der Waals surface area contributed by atoms with E-state index in [9.17, 15) is 9.59 Å². The summed E-state index contributed by atoms with van der Waals surface area (Å²) in [4.78, 5) is 26.9. The van der Waals surface area contributed by atoms with Crippen LogP contribution in [0, 0.1) is 5.41 Å². The number of rotatable bonds is 4. The summed E-state index contributed by atoms with van der Waals surface area (Å²) in [6.45, 7) is 7.40. The molecule has 1 saturated heterocycles. The summed E-state index contributed by atoms with van der Waals surface area (Å²) in [6, 6.07) is 0.193. The molecular weight excluding hydrogens is 270 g/mol. The molecule has 2 amide bonds. The second-order valence-electron chi connectivity index (χ2n) is 6.19. The molecule has 120 valence electrons. The van der Waals surface area contributed by atoms with Gasteiger partial charge < -0.3 is 21.3 Å². The van der Waals surface area contributed by atoms with E-state index < -0.39 is 0 Å². The van der Waals surface area contributed by atoms with Crippen molar-refractivity contribution < 1.29 is 9.59 Å². The molecule has 1 fully saturated rings. The largest absolute Gasteiger partial charge is 0.355 e. The van der Waals surface area contributed by atoms with Gasteiger partial charge in [-0.2, -0.15) is 0 Å². The maximum Gasteiger partial charge on any atom is 0.225 e. The van der Waals surface area contributed by atoms with Crippen LogP contribution in [-0.4, -0.2) is 50.5 Å². The Morgan fingerprint density at radius 2 is 2.00 bits per heavy atom. The molecule has 4 N–H and O–H groups in total. The molecule has 0 aromatic rings. The van der Waals surface area contributed by atoms with Crippen LogP contribution >= 0.6 is 0 Å². The fourth-order valence-electron chi connectivity index (χ4n) is 1.87. The average molecular weight is 297 g/mol. The normalized spacial score (nSPS) is 19.7. The second kappa shape index (κ2) is 7.85. The topological polar surface area (TPSA) is 94.6 Å². The van der Waals surface area contributed by atoms with Gasteiger partial charge in [0.25, 0.3) is 0 Å². The average Bonchev–Trinajstić information content (AvgIpc) is 2.43. The predicted octanol–water partition coefficient (Wildman–Crippen LogP) is -0.408. The quantitative estimate of drug-likeness (QED) is 0.322. The smallest absolute Gasteiger partial charge is 0.225 e. The molecule has 1 unspecified atom stereocenters. The molecule has 0 aliphatic carbocycles. The number of hydrogen-bond acceptors (Lipinski definition) is 3. The summed E-state index contributed by atoms with van der Waals surface area (Å²) in [5.74, 6) is 0.810. The number of carbonyl (C=O) groups is 2. The standard InChI is InChI=1S/C14H27N5O2/c1-14(2,3)12(21)16-7-8-17-13(15-4)19-10-5-6-11(20)18-9-10/h10H,5-9H2,1-4H3,(H,16,21)(H,18,20)(H2,15,17,19). The van der Waals surface area contributed by atoms with Crippen LogP contribution in [0.2, 0.25) is 0 Å². The molecule has 21 heavy (non-hydrogen) atoms. The number of nitrogens with zero attached hydrogens (tertiary/aromatic N) is 1. The van der Waals surface area contributed by atoms with Gasteiger partial charge in [0.2, 0.25) is 11.8 Å². The van der Waals surface area contributed by atoms with Crippen LogP contribution < -0.4 is 21.3 Å². The minimum absolute atomic E-state index is 0.0299. The van der Waals surface area contributed by atoms with Crippen LogP contribution in [-0.2, 0) is 9.59 Å². The van der Waals surface area contributed by atoms with Gasteiger partial charge >= 0.3 is 0 Å². The Morgan fingerprint density at radius 3 is 2.52 bits per heavy atom. The fraction of sp³-hybridized carbons (Fsp3) is 0.786. The van der Waals surface area contributed by atoms with E-state index in [0.717, 1.165) is 6.42 Å². The first-order valence-electron chi connectivity index (χ1n) is 7.35. The maximum atomic E-state index is 11.7. The van der Waals surface area contributed by atoms with Crippen molar-refractivity contribution in [2.24, 2.45) is 10.4 Å². The van der Waals surface area contributed by atoms with Crippen LogP contribution in [0.15, 0.2) is 4.99 Å². The van der Waals surface area contributed by atoms with Gasteiger partial charge in [-0.1, -0.05) is 20.8 Å². The zero-order valence-electron chi connectivity index (χ0n) is 13.4. The Hall–Kier alpha value is -1.79. The molecule has 1 aliphatic heterocycles. The third-order valence-corrected chi connectivity index (χ3v) is 3.21. The summed E-state index contributed by atoms with van der Waals surface area (Å²) in [5.41, 5.74) is -0.375. The molecule has 1 aliphatic rings. The Balaban J connectivity index is 2.23. The van der Waals surface area contributed by atoms with Gasteiger partial charge in [0, 0.05) is 44.6 Å². The van der Waals surface area contributed by atoms with Crippen molar-refractivity contribution in [2.45, 2.75) is 39.7 Å². The summed E-state index contributed by atoms with van der Waals surface area (Å²) in [7, 11) is 1.70. The first-order chi connectivity index (χ1) is 9.82. The molecular formula is C14H27N5O2. The number of nitrogens with one attached hydrogen (secondary N) is 4. The van der Waals surface area contributed by atoms with Crippen molar-refractivity contribution in [3.63, 3.8) is 0 Å². The van der Waals surface area contributed by atoms with Crippen LogP contribution in [0.5, 0.6) is 0 Å². The highest BCUT2D eigenvalue weighted by Crippen LogP contribution is 2.11. The van der Waals surface area contributed by atoms with Gasteiger partial charge in [-0.3, -0.25) is 14.6 Å². The summed E-state index contributed by atoms with van der Waals surface area (Å²) >= 11 is 0. The SMILES string of the molecule is CN=C(NCCNC(=O)C(C)(C)C)NC1CCC(=O)NC1. The molecule has 7 nitrogen and oxygen atoms in total. The number of aliphatic imine (C=N–C) groups is 1. The van der Waals surface area contributed by atoms with E-state index in [1.165, 1.54) is 0 Å². The molecule has 1 atom stereocenters. The van der Waals surface area contributed by atoms with Crippen molar-refractivity contribution in [1.29, 1.82) is 0 Å². The van der Waals surface area contributed by atoms with Crippen molar-refractivity contribution in [1.82, 2.24) is 21.3 Å². The van der Waals surface area contributed by atoms with E-state index in [2.05, 4.69) is 26.3 Å². The fourth-order valence-corrected chi connectivity index (χ4v) is 1.87.